The summed E-state index contributed by atoms with van der Waals surface area (Å²) in [6.07, 6.45) is 2.90. The fourth-order valence-electron chi connectivity index (χ4n) is 2.33. The summed E-state index contributed by atoms with van der Waals surface area (Å²) in [5.74, 6) is -0.344. The van der Waals surface area contributed by atoms with Gasteiger partial charge < -0.3 is 24.6 Å². The number of para-hydroxylation sites is 1. The molecule has 2 aromatic carbocycles. The number of amides is 1. The fourth-order valence-corrected chi connectivity index (χ4v) is 2.33. The second kappa shape index (κ2) is 9.28. The van der Waals surface area contributed by atoms with Crippen LogP contribution in [0.2, 0.25) is 0 Å². The Morgan fingerprint density at radius 2 is 1.93 bits per heavy atom. The molecule has 0 aliphatic carbocycles. The van der Waals surface area contributed by atoms with Crippen LogP contribution in [0, 0.1) is 0 Å². The molecule has 142 valence electrons. The highest BCUT2D eigenvalue weighted by Gasteiger charge is 2.15. The molecule has 0 heterocycles. The highest BCUT2D eigenvalue weighted by atomic mass is 16.5. The molecule has 0 aliphatic rings. The van der Waals surface area contributed by atoms with Crippen LogP contribution < -0.4 is 14.8 Å². The van der Waals surface area contributed by atoms with Gasteiger partial charge in [-0.3, -0.25) is 4.79 Å². The molecule has 2 rings (SSSR count). The van der Waals surface area contributed by atoms with Gasteiger partial charge in [-0.15, -0.1) is 0 Å². The van der Waals surface area contributed by atoms with Gasteiger partial charge in [0.25, 0.3) is 0 Å². The Morgan fingerprint density at radius 1 is 1.15 bits per heavy atom. The number of phenolic OH excluding ortho intramolecular Hbond substituents is 1. The molecule has 7 heteroatoms. The third-order valence-corrected chi connectivity index (χ3v) is 3.61. The number of benzene rings is 2. The van der Waals surface area contributed by atoms with Gasteiger partial charge in [0, 0.05) is 6.08 Å². The number of esters is 1. The molecule has 2 aromatic rings. The lowest BCUT2D eigenvalue weighted by atomic mass is 10.1. The molecule has 0 unspecified atom stereocenters. The molecule has 0 aromatic heterocycles. The molecule has 0 fully saturated rings. The van der Waals surface area contributed by atoms with E-state index in [1.807, 2.05) is 6.92 Å². The zero-order chi connectivity index (χ0) is 19.8. The minimum absolute atomic E-state index is 0.0319. The molecule has 27 heavy (non-hydrogen) atoms. The Morgan fingerprint density at radius 3 is 2.59 bits per heavy atom. The summed E-state index contributed by atoms with van der Waals surface area (Å²) >= 11 is 0. The molecule has 0 saturated carbocycles. The van der Waals surface area contributed by atoms with Crippen LogP contribution in [0.3, 0.4) is 0 Å². The monoisotopic (exact) mass is 371 g/mol. The maximum Gasteiger partial charge on any atom is 0.341 e. The van der Waals surface area contributed by atoms with Gasteiger partial charge in [0.1, 0.15) is 5.56 Å². The second-order valence-corrected chi connectivity index (χ2v) is 5.36. The van der Waals surface area contributed by atoms with Gasteiger partial charge in [0.15, 0.2) is 17.2 Å². The maximum atomic E-state index is 12.1. The molecule has 0 saturated heterocycles. The lowest BCUT2D eigenvalue weighted by molar-refractivity contribution is -0.111. The highest BCUT2D eigenvalue weighted by molar-refractivity contribution is 6.04. The van der Waals surface area contributed by atoms with Crippen molar-refractivity contribution in [3.05, 3.63) is 53.6 Å². The zero-order valence-electron chi connectivity index (χ0n) is 15.3. The van der Waals surface area contributed by atoms with Gasteiger partial charge >= 0.3 is 5.97 Å². The first-order valence-electron chi connectivity index (χ1n) is 8.20. The number of anilines is 1. The standard InChI is InChI=1S/C20H21NO6/c1-4-27-16-10-8-13(12-17(16)25-2)9-11-18(22)21-15-7-5-6-14(19(15)23)20(24)26-3/h5-12,23H,4H2,1-3H3,(H,21,22)/b11-9+. The summed E-state index contributed by atoms with van der Waals surface area (Å²) in [4.78, 5) is 23.7. The van der Waals surface area contributed by atoms with Crippen LogP contribution in [0.15, 0.2) is 42.5 Å². The van der Waals surface area contributed by atoms with Crippen molar-refractivity contribution in [3.63, 3.8) is 0 Å². The van der Waals surface area contributed by atoms with Crippen LogP contribution in [-0.2, 0) is 9.53 Å². The second-order valence-electron chi connectivity index (χ2n) is 5.36. The van der Waals surface area contributed by atoms with Gasteiger partial charge in [-0.1, -0.05) is 12.1 Å². The number of rotatable bonds is 7. The summed E-state index contributed by atoms with van der Waals surface area (Å²) in [5.41, 5.74) is 0.810. The van der Waals surface area contributed by atoms with Crippen LogP contribution in [0.5, 0.6) is 17.2 Å². The molecule has 0 atom stereocenters. The topological polar surface area (TPSA) is 94.1 Å². The van der Waals surface area contributed by atoms with Crippen molar-refractivity contribution in [3.8, 4) is 17.2 Å². The molecular weight excluding hydrogens is 350 g/mol. The van der Waals surface area contributed by atoms with E-state index in [4.69, 9.17) is 9.47 Å². The lowest BCUT2D eigenvalue weighted by Crippen LogP contribution is -2.10. The molecule has 1 amide bonds. The van der Waals surface area contributed by atoms with Crippen molar-refractivity contribution in [1.29, 1.82) is 0 Å². The number of methoxy groups -OCH3 is 2. The predicted octanol–water partition coefficient (Wildman–Crippen LogP) is 3.24. The minimum atomic E-state index is -0.694. The highest BCUT2D eigenvalue weighted by Crippen LogP contribution is 2.29. The van der Waals surface area contributed by atoms with E-state index in [0.29, 0.717) is 18.1 Å². The normalized spacial score (nSPS) is 10.5. The van der Waals surface area contributed by atoms with E-state index >= 15 is 0 Å². The molecule has 7 nitrogen and oxygen atoms in total. The fraction of sp³-hybridized carbons (Fsp3) is 0.200. The van der Waals surface area contributed by atoms with E-state index in [2.05, 4.69) is 10.1 Å². The SMILES string of the molecule is CCOc1ccc(/C=C/C(=O)Nc2cccc(C(=O)OC)c2O)cc1OC. The van der Waals surface area contributed by atoms with Crippen molar-refractivity contribution in [2.75, 3.05) is 26.1 Å². The van der Waals surface area contributed by atoms with Gasteiger partial charge in [0.2, 0.25) is 5.91 Å². The molecule has 2 N–H and O–H groups in total. The van der Waals surface area contributed by atoms with Crippen LogP contribution in [0.25, 0.3) is 6.08 Å². The average molecular weight is 371 g/mol. The number of carbonyl (C=O) groups is 2. The number of carbonyl (C=O) groups excluding carboxylic acids is 2. The molecule has 0 spiro atoms. The van der Waals surface area contributed by atoms with Gasteiger partial charge in [0.05, 0.1) is 26.5 Å². The lowest BCUT2D eigenvalue weighted by Gasteiger charge is -2.10. The number of phenols is 1. The number of nitrogens with one attached hydrogen (secondary N) is 1. The van der Waals surface area contributed by atoms with Crippen LogP contribution in [-0.4, -0.2) is 37.8 Å². The first kappa shape index (κ1) is 19.8. The van der Waals surface area contributed by atoms with Crippen LogP contribution in [0.1, 0.15) is 22.8 Å². The van der Waals surface area contributed by atoms with E-state index in [1.165, 1.54) is 38.5 Å². The van der Waals surface area contributed by atoms with E-state index in [9.17, 15) is 14.7 Å². The summed E-state index contributed by atoms with van der Waals surface area (Å²) < 4.78 is 15.3. The van der Waals surface area contributed by atoms with Crippen LogP contribution >= 0.6 is 0 Å². The van der Waals surface area contributed by atoms with Crippen molar-refractivity contribution >= 4 is 23.6 Å². The van der Waals surface area contributed by atoms with Crippen LogP contribution in [0.4, 0.5) is 5.69 Å². The first-order chi connectivity index (χ1) is 13.0. The van der Waals surface area contributed by atoms with E-state index in [1.54, 1.807) is 24.3 Å². The smallest absolute Gasteiger partial charge is 0.341 e. The van der Waals surface area contributed by atoms with Crippen molar-refractivity contribution in [2.24, 2.45) is 0 Å². The zero-order valence-corrected chi connectivity index (χ0v) is 15.3. The average Bonchev–Trinajstić information content (AvgIpc) is 2.68. The third kappa shape index (κ3) is 5.01. The Balaban J connectivity index is 2.13. The van der Waals surface area contributed by atoms with Crippen molar-refractivity contribution < 1.29 is 28.9 Å². The van der Waals surface area contributed by atoms with Gasteiger partial charge in [-0.05, 0) is 42.8 Å². The minimum Gasteiger partial charge on any atom is -0.505 e. The third-order valence-electron chi connectivity index (χ3n) is 3.61. The first-order valence-corrected chi connectivity index (χ1v) is 8.20. The number of aromatic hydroxyl groups is 1. The number of ether oxygens (including phenoxy) is 3. The van der Waals surface area contributed by atoms with Gasteiger partial charge in [-0.25, -0.2) is 4.79 Å². The van der Waals surface area contributed by atoms with E-state index in [-0.39, 0.29) is 17.0 Å². The van der Waals surface area contributed by atoms with Crippen molar-refractivity contribution in [1.82, 2.24) is 0 Å². The Labute approximate surface area is 157 Å². The number of hydrogen-bond donors (Lipinski definition) is 2. The largest absolute Gasteiger partial charge is 0.505 e. The summed E-state index contributed by atoms with van der Waals surface area (Å²) in [7, 11) is 2.75. The van der Waals surface area contributed by atoms with E-state index in [0.717, 1.165) is 5.56 Å². The summed E-state index contributed by atoms with van der Waals surface area (Å²) in [5, 5.41) is 12.6. The molecule has 0 aliphatic heterocycles. The molecular formula is C20H21NO6. The molecule has 0 bridgehead atoms. The van der Waals surface area contributed by atoms with E-state index < -0.39 is 11.9 Å². The summed E-state index contributed by atoms with van der Waals surface area (Å²) in [6.45, 7) is 2.39. The Bertz CT molecular complexity index is 860. The quantitative estimate of drug-likeness (QED) is 0.441. The maximum absolute atomic E-state index is 12.1. The molecule has 0 radical (unpaired) electrons. The van der Waals surface area contributed by atoms with Crippen molar-refractivity contribution in [2.45, 2.75) is 6.92 Å². The summed E-state index contributed by atoms with van der Waals surface area (Å²) in [6, 6.07) is 9.69. The van der Waals surface area contributed by atoms with Gasteiger partial charge in [-0.2, -0.15) is 0 Å². The Kier molecular flexibility index (Phi) is 6.82. The predicted molar refractivity (Wildman–Crippen MR) is 101 cm³/mol. The number of hydrogen-bond acceptors (Lipinski definition) is 6. The Hall–Kier alpha value is -3.48.